The first-order valence-corrected chi connectivity index (χ1v) is 10.5. The van der Waals surface area contributed by atoms with Crippen molar-refractivity contribution in [2.24, 2.45) is 0 Å². The lowest BCUT2D eigenvalue weighted by molar-refractivity contribution is -0.945. The molecule has 0 amide bonds. The number of aliphatic hydroxyl groups is 3. The highest BCUT2D eigenvalue weighted by Gasteiger charge is 2.50. The normalized spacial score (nSPS) is 27.1. The molecule has 3 N–H and O–H groups in total. The Morgan fingerprint density at radius 1 is 1.16 bits per heavy atom. The Morgan fingerprint density at radius 3 is 2.44 bits per heavy atom. The first-order valence-electron chi connectivity index (χ1n) is 10.1. The summed E-state index contributed by atoms with van der Waals surface area (Å²) in [5.41, 5.74) is 1.55. The van der Waals surface area contributed by atoms with E-state index in [0.29, 0.717) is 17.3 Å². The van der Waals surface area contributed by atoms with Crippen molar-refractivity contribution < 1.29 is 39.2 Å². The number of benzene rings is 1. The Balaban J connectivity index is 1.73. The topological polar surface area (TPSA) is 132 Å². The second kappa shape index (κ2) is 10.2. The molecule has 3 rings (SSSR count). The molecular weight excluding hydrogens is 440 g/mol. The van der Waals surface area contributed by atoms with Crippen molar-refractivity contribution in [1.29, 1.82) is 0 Å². The van der Waals surface area contributed by atoms with Crippen LogP contribution in [-0.2, 0) is 14.3 Å². The number of ether oxygens (including phenoxy) is 2. The molecule has 1 fully saturated rings. The second-order valence-electron chi connectivity index (χ2n) is 8.30. The summed E-state index contributed by atoms with van der Waals surface area (Å²) in [7, 11) is 3.40. The number of quaternary nitrogens is 1. The van der Waals surface area contributed by atoms with Crippen LogP contribution in [0.5, 0.6) is 0 Å². The summed E-state index contributed by atoms with van der Waals surface area (Å²) in [6, 6.07) is 12.7. The van der Waals surface area contributed by atoms with Crippen molar-refractivity contribution >= 4 is 17.6 Å². The van der Waals surface area contributed by atoms with Gasteiger partial charge in [0, 0.05) is 11.2 Å². The van der Waals surface area contributed by atoms with E-state index < -0.39 is 42.7 Å². The number of pyridine rings is 1. The number of rotatable bonds is 8. The van der Waals surface area contributed by atoms with Crippen molar-refractivity contribution in [3.8, 4) is 0 Å². The first-order chi connectivity index (χ1) is 15.1. The third-order valence-electron chi connectivity index (χ3n) is 5.59. The van der Waals surface area contributed by atoms with Crippen molar-refractivity contribution in [2.75, 3.05) is 27.2 Å². The number of carbonyl (C=O) groups excluding carboxylic acids is 1. The molecule has 4 unspecified atom stereocenters. The van der Waals surface area contributed by atoms with E-state index in [4.69, 9.17) is 21.1 Å². The van der Waals surface area contributed by atoms with Gasteiger partial charge in [-0.3, -0.25) is 9.47 Å². The van der Waals surface area contributed by atoms with Gasteiger partial charge in [0.05, 0.1) is 32.4 Å². The minimum atomic E-state index is -1.79. The lowest BCUT2D eigenvalue weighted by atomic mass is 9.97. The van der Waals surface area contributed by atoms with Crippen LogP contribution in [0.3, 0.4) is 0 Å². The predicted molar refractivity (Wildman–Crippen MR) is 112 cm³/mol. The number of carboxylic acid groups (broad SMARTS) is 1. The van der Waals surface area contributed by atoms with Gasteiger partial charge in [-0.15, -0.1) is 0 Å². The van der Waals surface area contributed by atoms with Crippen molar-refractivity contribution in [1.82, 2.24) is 4.98 Å². The fraction of sp³-hybridized carbons (Fsp3) is 0.455. The number of nitrogens with zero attached hydrogens (tertiary/aromatic N) is 2. The summed E-state index contributed by atoms with van der Waals surface area (Å²) in [6.45, 7) is 0.485. The van der Waals surface area contributed by atoms with E-state index in [1.807, 2.05) is 24.3 Å². The fourth-order valence-corrected chi connectivity index (χ4v) is 3.81. The molecular formula is C22H27ClN2O7. The average Bonchev–Trinajstić information content (AvgIpc) is 2.76. The number of halogens is 1. The van der Waals surface area contributed by atoms with E-state index in [2.05, 4.69) is 4.98 Å². The number of likely N-dealkylation sites (N-methyl/N-ethyl adjacent to an activating group) is 1. The maximum atomic E-state index is 11.3. The van der Waals surface area contributed by atoms with Gasteiger partial charge in [0.1, 0.15) is 31.0 Å². The average molecular weight is 467 g/mol. The van der Waals surface area contributed by atoms with Gasteiger partial charge in [0.15, 0.2) is 6.10 Å². The molecule has 1 aromatic carbocycles. The second-order valence-corrected chi connectivity index (χ2v) is 8.73. The van der Waals surface area contributed by atoms with Gasteiger partial charge >= 0.3 is 0 Å². The molecule has 0 aliphatic carbocycles. The number of carboxylic acids is 1. The summed E-state index contributed by atoms with van der Waals surface area (Å²) in [4.78, 5) is 15.7. The summed E-state index contributed by atoms with van der Waals surface area (Å²) < 4.78 is 11.5. The van der Waals surface area contributed by atoms with Gasteiger partial charge in [-0.1, -0.05) is 29.8 Å². The van der Waals surface area contributed by atoms with E-state index >= 15 is 0 Å². The molecule has 2 aromatic rings. The van der Waals surface area contributed by atoms with Crippen LogP contribution in [0.1, 0.15) is 17.4 Å². The van der Waals surface area contributed by atoms with E-state index in [9.17, 15) is 25.2 Å². The number of hydrogen-bond donors (Lipinski definition) is 3. The van der Waals surface area contributed by atoms with E-state index in [1.54, 1.807) is 38.5 Å². The van der Waals surface area contributed by atoms with Crippen LogP contribution in [0, 0.1) is 0 Å². The van der Waals surface area contributed by atoms with Crippen LogP contribution in [0.4, 0.5) is 0 Å². The molecule has 2 heterocycles. The van der Waals surface area contributed by atoms with Gasteiger partial charge in [0.25, 0.3) is 0 Å². The Kier molecular flexibility index (Phi) is 7.84. The summed E-state index contributed by atoms with van der Waals surface area (Å²) >= 11 is 6.00. The fourth-order valence-electron chi connectivity index (χ4n) is 3.69. The number of aromatic nitrogens is 1. The Labute approximate surface area is 191 Å². The number of aliphatic carboxylic acids is 1. The predicted octanol–water partition coefficient (Wildman–Crippen LogP) is -0.525. The summed E-state index contributed by atoms with van der Waals surface area (Å²) in [5.74, 6) is -1.66. The lowest BCUT2D eigenvalue weighted by Gasteiger charge is -2.47. The minimum Gasteiger partial charge on any atom is -0.547 e. The van der Waals surface area contributed by atoms with Crippen LogP contribution >= 0.6 is 11.6 Å². The molecule has 0 spiro atoms. The van der Waals surface area contributed by atoms with Crippen molar-refractivity contribution in [2.45, 2.75) is 36.7 Å². The van der Waals surface area contributed by atoms with Crippen LogP contribution in [0.25, 0.3) is 0 Å². The van der Waals surface area contributed by atoms with Crippen LogP contribution < -0.4 is 5.11 Å². The molecule has 0 radical (unpaired) electrons. The zero-order valence-electron chi connectivity index (χ0n) is 17.7. The highest BCUT2D eigenvalue weighted by atomic mass is 35.5. The molecule has 1 saturated heterocycles. The number of aliphatic hydroxyl groups excluding tert-OH is 3. The molecule has 0 saturated carbocycles. The highest BCUT2D eigenvalue weighted by molar-refractivity contribution is 6.30. The molecule has 10 heteroatoms. The molecule has 1 aliphatic rings. The molecule has 0 bridgehead atoms. The lowest BCUT2D eigenvalue weighted by Crippen LogP contribution is -2.69. The highest BCUT2D eigenvalue weighted by Crippen LogP contribution is 2.28. The smallest absolute Gasteiger partial charge is 0.222 e. The van der Waals surface area contributed by atoms with Gasteiger partial charge < -0.3 is 34.7 Å². The van der Waals surface area contributed by atoms with Crippen molar-refractivity contribution in [3.63, 3.8) is 0 Å². The maximum Gasteiger partial charge on any atom is 0.222 e. The van der Waals surface area contributed by atoms with Crippen LogP contribution in [0.2, 0.25) is 5.02 Å². The maximum absolute atomic E-state index is 11.3. The Morgan fingerprint density at radius 2 is 1.84 bits per heavy atom. The first kappa shape index (κ1) is 24.5. The SMILES string of the molecule is C[N+](C)(CCOC(c1ccc(Cl)cc1)c1ccccn1)[C@@H]1OC(C(=O)[O-])[C@H](O)C(O)C1O. The largest absolute Gasteiger partial charge is 0.547 e. The molecule has 1 aromatic heterocycles. The van der Waals surface area contributed by atoms with Crippen LogP contribution in [-0.4, -0.2) is 88.6 Å². The monoisotopic (exact) mass is 466 g/mol. The van der Waals surface area contributed by atoms with E-state index in [0.717, 1.165) is 5.56 Å². The van der Waals surface area contributed by atoms with E-state index in [-0.39, 0.29) is 11.1 Å². The Hall–Kier alpha value is -2.11. The molecule has 9 nitrogen and oxygen atoms in total. The van der Waals surface area contributed by atoms with Gasteiger partial charge in [-0.25, -0.2) is 0 Å². The van der Waals surface area contributed by atoms with Gasteiger partial charge in [0.2, 0.25) is 6.23 Å². The van der Waals surface area contributed by atoms with Gasteiger partial charge in [-0.2, -0.15) is 0 Å². The van der Waals surface area contributed by atoms with Crippen LogP contribution in [0.15, 0.2) is 48.7 Å². The quantitative estimate of drug-likeness (QED) is 0.442. The Bertz CT molecular complexity index is 897. The molecule has 174 valence electrons. The summed E-state index contributed by atoms with van der Waals surface area (Å²) in [5, 5.41) is 42.3. The standard InChI is InChI=1S/C22H27ClN2O7/c1-25(2,21-18(28)16(26)17(27)20(32-21)22(29)30)11-12-31-19(15-5-3-4-10-24-15)13-6-8-14(23)9-7-13/h3-10,16-21,26-28H,11-12H2,1-2H3/t16?,17-,18?,19?,20?,21-/m1/s1. The number of carbonyl (C=O) groups is 1. The molecule has 6 atom stereocenters. The molecule has 1 aliphatic heterocycles. The zero-order valence-corrected chi connectivity index (χ0v) is 18.5. The van der Waals surface area contributed by atoms with Crippen molar-refractivity contribution in [3.05, 3.63) is 64.9 Å². The zero-order chi connectivity index (χ0) is 23.5. The third kappa shape index (κ3) is 5.44. The van der Waals surface area contributed by atoms with E-state index in [1.165, 1.54) is 0 Å². The summed E-state index contributed by atoms with van der Waals surface area (Å²) in [6.07, 6.45) is -6.67. The van der Waals surface area contributed by atoms with Gasteiger partial charge in [-0.05, 0) is 29.8 Å². The minimum absolute atomic E-state index is 0.0374. The number of hydrogen-bond acceptors (Lipinski definition) is 8. The molecule has 32 heavy (non-hydrogen) atoms. The third-order valence-corrected chi connectivity index (χ3v) is 5.84.